The van der Waals surface area contributed by atoms with Crippen molar-refractivity contribution >= 4 is 33.4 Å². The van der Waals surface area contributed by atoms with Gasteiger partial charge >= 0.3 is 0 Å². The lowest BCUT2D eigenvalue weighted by Crippen LogP contribution is -2.21. The molecule has 0 aliphatic rings. The molecule has 2 aromatic rings. The molecule has 0 unspecified atom stereocenters. The third kappa shape index (κ3) is 2.36. The Morgan fingerprint density at radius 3 is 2.32 bits per heavy atom. The number of nitrogens with one attached hydrogen (secondary N) is 1. The summed E-state index contributed by atoms with van der Waals surface area (Å²) in [4.78, 5) is 23.4. The summed E-state index contributed by atoms with van der Waals surface area (Å²) < 4.78 is 3.27. The molecule has 0 saturated heterocycles. The molecule has 0 aromatic carbocycles. The number of hydrogen-bond donors (Lipinski definition) is 2. The lowest BCUT2D eigenvalue weighted by atomic mass is 10.3. The Morgan fingerprint density at radius 1 is 1.21 bits per heavy atom. The molecule has 0 aliphatic carbocycles. The van der Waals surface area contributed by atoms with Crippen molar-refractivity contribution in [2.24, 2.45) is 19.8 Å². The van der Waals surface area contributed by atoms with E-state index in [-0.39, 0.29) is 11.4 Å². The smallest absolute Gasteiger partial charge is 0.275 e. The number of aromatic nitrogens is 4. The molecule has 2 aromatic heterocycles. The standard InChI is InChI=1S/C10H11BrN6O2/c1-16-7(5(11)3-13-16)10(19)15-6-4-14-17(2)8(6)9(12)18/h3-4H,1-2H3,(H2,12,18)(H,15,19). The lowest BCUT2D eigenvalue weighted by molar-refractivity contribution is 0.0992. The monoisotopic (exact) mass is 326 g/mol. The zero-order valence-electron chi connectivity index (χ0n) is 10.2. The van der Waals surface area contributed by atoms with E-state index in [0.29, 0.717) is 10.2 Å². The minimum absolute atomic E-state index is 0.131. The zero-order valence-corrected chi connectivity index (χ0v) is 11.8. The van der Waals surface area contributed by atoms with Crippen molar-refractivity contribution in [2.45, 2.75) is 0 Å². The number of carbonyl (C=O) groups is 2. The van der Waals surface area contributed by atoms with Crippen molar-refractivity contribution in [2.75, 3.05) is 5.32 Å². The van der Waals surface area contributed by atoms with Gasteiger partial charge in [0.2, 0.25) is 0 Å². The first kappa shape index (κ1) is 13.3. The molecule has 100 valence electrons. The van der Waals surface area contributed by atoms with Crippen molar-refractivity contribution in [1.29, 1.82) is 0 Å². The number of nitrogens with zero attached hydrogens (tertiary/aromatic N) is 4. The van der Waals surface area contributed by atoms with Crippen LogP contribution in [0.25, 0.3) is 0 Å². The number of hydrogen-bond acceptors (Lipinski definition) is 4. The van der Waals surface area contributed by atoms with Gasteiger partial charge in [-0.2, -0.15) is 10.2 Å². The summed E-state index contributed by atoms with van der Waals surface area (Å²) in [5.41, 5.74) is 5.96. The summed E-state index contributed by atoms with van der Waals surface area (Å²) in [6.07, 6.45) is 2.87. The van der Waals surface area contributed by atoms with Crippen molar-refractivity contribution < 1.29 is 9.59 Å². The van der Waals surface area contributed by atoms with Gasteiger partial charge in [0, 0.05) is 14.1 Å². The van der Waals surface area contributed by atoms with Crippen LogP contribution in [-0.2, 0) is 14.1 Å². The molecule has 2 amide bonds. The third-order valence-electron chi connectivity index (χ3n) is 2.53. The van der Waals surface area contributed by atoms with Crippen LogP contribution in [0, 0.1) is 0 Å². The number of anilines is 1. The highest BCUT2D eigenvalue weighted by molar-refractivity contribution is 9.10. The predicted molar refractivity (Wildman–Crippen MR) is 70.6 cm³/mol. The van der Waals surface area contributed by atoms with Crippen LogP contribution < -0.4 is 11.1 Å². The minimum atomic E-state index is -0.667. The summed E-state index contributed by atoms with van der Waals surface area (Å²) in [5, 5.41) is 10.4. The van der Waals surface area contributed by atoms with Crippen LogP contribution in [0.15, 0.2) is 16.9 Å². The topological polar surface area (TPSA) is 108 Å². The Balaban J connectivity index is 2.32. The zero-order chi connectivity index (χ0) is 14.2. The quantitative estimate of drug-likeness (QED) is 0.843. The summed E-state index contributed by atoms with van der Waals surface area (Å²) in [5.74, 6) is -1.08. The second-order valence-electron chi connectivity index (χ2n) is 3.81. The van der Waals surface area contributed by atoms with Crippen LogP contribution in [0.3, 0.4) is 0 Å². The van der Waals surface area contributed by atoms with E-state index in [1.54, 1.807) is 14.1 Å². The molecule has 2 rings (SSSR count). The molecule has 19 heavy (non-hydrogen) atoms. The molecule has 0 radical (unpaired) electrons. The van der Waals surface area contributed by atoms with E-state index >= 15 is 0 Å². The van der Waals surface area contributed by atoms with E-state index in [0.717, 1.165) is 0 Å². The number of nitrogens with two attached hydrogens (primary N) is 1. The maximum Gasteiger partial charge on any atom is 0.275 e. The fraction of sp³-hybridized carbons (Fsp3) is 0.200. The first-order valence-electron chi connectivity index (χ1n) is 5.22. The molecule has 8 nitrogen and oxygen atoms in total. The van der Waals surface area contributed by atoms with E-state index in [4.69, 9.17) is 5.73 Å². The van der Waals surface area contributed by atoms with E-state index < -0.39 is 11.8 Å². The number of halogens is 1. The fourth-order valence-corrected chi connectivity index (χ4v) is 2.20. The summed E-state index contributed by atoms with van der Waals surface area (Å²) in [7, 11) is 3.20. The molecule has 9 heteroatoms. The van der Waals surface area contributed by atoms with Gasteiger partial charge in [0.1, 0.15) is 11.4 Å². The molecular weight excluding hydrogens is 316 g/mol. The van der Waals surface area contributed by atoms with Crippen LogP contribution >= 0.6 is 15.9 Å². The fourth-order valence-electron chi connectivity index (χ4n) is 1.67. The van der Waals surface area contributed by atoms with Gasteiger partial charge < -0.3 is 11.1 Å². The van der Waals surface area contributed by atoms with E-state index in [1.807, 2.05) is 0 Å². The van der Waals surface area contributed by atoms with Gasteiger partial charge in [0.15, 0.2) is 0 Å². The number of amides is 2. The Morgan fingerprint density at radius 2 is 1.79 bits per heavy atom. The highest BCUT2D eigenvalue weighted by atomic mass is 79.9. The van der Waals surface area contributed by atoms with Gasteiger partial charge in [-0.25, -0.2) is 0 Å². The van der Waals surface area contributed by atoms with E-state index in [2.05, 4.69) is 31.4 Å². The number of rotatable bonds is 3. The summed E-state index contributed by atoms with van der Waals surface area (Å²) >= 11 is 3.23. The normalized spacial score (nSPS) is 10.5. The van der Waals surface area contributed by atoms with Gasteiger partial charge in [-0.15, -0.1) is 0 Å². The Hall–Kier alpha value is -2.16. The van der Waals surface area contributed by atoms with Gasteiger partial charge in [-0.1, -0.05) is 0 Å². The van der Waals surface area contributed by atoms with Gasteiger partial charge in [-0.05, 0) is 15.9 Å². The van der Waals surface area contributed by atoms with Crippen molar-refractivity contribution in [3.63, 3.8) is 0 Å². The molecule has 3 N–H and O–H groups in total. The van der Waals surface area contributed by atoms with Crippen LogP contribution in [-0.4, -0.2) is 31.4 Å². The maximum atomic E-state index is 12.1. The Kier molecular flexibility index (Phi) is 3.38. The average molecular weight is 327 g/mol. The predicted octanol–water partition coefficient (Wildman–Crippen LogP) is 0.267. The Bertz CT molecular complexity index is 640. The molecule has 0 spiro atoms. The van der Waals surface area contributed by atoms with Crippen molar-refractivity contribution in [1.82, 2.24) is 19.6 Å². The van der Waals surface area contributed by atoms with Gasteiger partial charge in [0.05, 0.1) is 22.6 Å². The first-order valence-corrected chi connectivity index (χ1v) is 6.01. The Labute approximate surface area is 116 Å². The minimum Gasteiger partial charge on any atom is -0.364 e. The number of primary amides is 1. The molecule has 0 bridgehead atoms. The third-order valence-corrected chi connectivity index (χ3v) is 3.11. The second-order valence-corrected chi connectivity index (χ2v) is 4.67. The van der Waals surface area contributed by atoms with Crippen LogP contribution in [0.1, 0.15) is 21.0 Å². The number of aryl methyl sites for hydroxylation is 2. The largest absolute Gasteiger partial charge is 0.364 e. The molecule has 0 atom stereocenters. The second kappa shape index (κ2) is 4.84. The number of carbonyl (C=O) groups excluding carboxylic acids is 2. The van der Waals surface area contributed by atoms with E-state index in [1.165, 1.54) is 21.8 Å². The first-order chi connectivity index (χ1) is 8.91. The van der Waals surface area contributed by atoms with Crippen LogP contribution in [0.5, 0.6) is 0 Å². The van der Waals surface area contributed by atoms with Gasteiger partial charge in [0.25, 0.3) is 11.8 Å². The molecule has 0 aliphatic heterocycles. The molecular formula is C10H11BrN6O2. The molecule has 0 saturated carbocycles. The highest BCUT2D eigenvalue weighted by Gasteiger charge is 2.20. The highest BCUT2D eigenvalue weighted by Crippen LogP contribution is 2.19. The molecule has 0 fully saturated rings. The van der Waals surface area contributed by atoms with Crippen molar-refractivity contribution in [3.8, 4) is 0 Å². The maximum absolute atomic E-state index is 12.1. The van der Waals surface area contributed by atoms with Crippen LogP contribution in [0.4, 0.5) is 5.69 Å². The van der Waals surface area contributed by atoms with Crippen LogP contribution in [0.2, 0.25) is 0 Å². The van der Waals surface area contributed by atoms with Crippen molar-refractivity contribution in [3.05, 3.63) is 28.3 Å². The van der Waals surface area contributed by atoms with E-state index in [9.17, 15) is 9.59 Å². The summed E-state index contributed by atoms with van der Waals surface area (Å²) in [6.45, 7) is 0. The lowest BCUT2D eigenvalue weighted by Gasteiger charge is -2.06. The summed E-state index contributed by atoms with van der Waals surface area (Å²) in [6, 6.07) is 0. The SMILES string of the molecule is Cn1ncc(Br)c1C(=O)Nc1cnn(C)c1C(N)=O. The average Bonchev–Trinajstić information content (AvgIpc) is 2.83. The van der Waals surface area contributed by atoms with Gasteiger partial charge in [-0.3, -0.25) is 19.0 Å². The molecule has 2 heterocycles.